The van der Waals surface area contributed by atoms with Crippen molar-refractivity contribution in [2.75, 3.05) is 17.2 Å². The summed E-state index contributed by atoms with van der Waals surface area (Å²) in [5.74, 6) is 1.04. The van der Waals surface area contributed by atoms with Gasteiger partial charge in [-0.05, 0) is 32.3 Å². The monoisotopic (exact) mass is 236 g/mol. The summed E-state index contributed by atoms with van der Waals surface area (Å²) in [7, 11) is 0. The van der Waals surface area contributed by atoms with Crippen molar-refractivity contribution in [3.63, 3.8) is 0 Å². The second kappa shape index (κ2) is 4.99. The number of nitrogens with zero attached hydrogens (tertiary/aromatic N) is 2. The third kappa shape index (κ3) is 2.64. The molecule has 0 atom stereocenters. The third-order valence-corrected chi connectivity index (χ3v) is 2.87. The highest BCUT2D eigenvalue weighted by Gasteiger charge is 2.23. The molecule has 1 aliphatic carbocycles. The lowest BCUT2D eigenvalue weighted by molar-refractivity contribution is -0.384. The van der Waals surface area contributed by atoms with Crippen LogP contribution < -0.4 is 10.6 Å². The average molecular weight is 236 g/mol. The van der Waals surface area contributed by atoms with Gasteiger partial charge in [0.25, 0.3) is 0 Å². The van der Waals surface area contributed by atoms with E-state index >= 15 is 0 Å². The van der Waals surface area contributed by atoms with Crippen LogP contribution in [0.5, 0.6) is 0 Å². The Hall–Kier alpha value is -1.85. The predicted molar refractivity (Wildman–Crippen MR) is 66.3 cm³/mol. The molecule has 1 saturated carbocycles. The summed E-state index contributed by atoms with van der Waals surface area (Å²) in [6.45, 7) is 2.70. The summed E-state index contributed by atoms with van der Waals surface area (Å²) in [6.07, 6.45) is 3.30. The smallest absolute Gasteiger partial charge is 0.311 e. The van der Waals surface area contributed by atoms with Gasteiger partial charge in [-0.3, -0.25) is 10.1 Å². The summed E-state index contributed by atoms with van der Waals surface area (Å²) in [4.78, 5) is 14.7. The van der Waals surface area contributed by atoms with Crippen LogP contribution in [0.2, 0.25) is 0 Å². The molecule has 0 amide bonds. The van der Waals surface area contributed by atoms with Crippen LogP contribution in [0.4, 0.5) is 17.3 Å². The van der Waals surface area contributed by atoms with Gasteiger partial charge < -0.3 is 10.6 Å². The number of hydrogen-bond donors (Lipinski definition) is 2. The maximum Gasteiger partial charge on any atom is 0.311 e. The molecule has 1 aliphatic rings. The standard InChI is InChI=1S/C11H16N4O2/c1-2-12-10-7-6-9(15(16)17)11(14-10)13-8-4-3-5-8/h6-8H,2-5H2,1H3,(H2,12,13,14). The van der Waals surface area contributed by atoms with Crippen LogP contribution in [0.1, 0.15) is 26.2 Å². The van der Waals surface area contributed by atoms with E-state index in [0.29, 0.717) is 17.7 Å². The van der Waals surface area contributed by atoms with Gasteiger partial charge in [-0.15, -0.1) is 0 Å². The molecule has 1 aromatic heterocycles. The van der Waals surface area contributed by atoms with Crippen LogP contribution in [-0.4, -0.2) is 22.5 Å². The summed E-state index contributed by atoms with van der Waals surface area (Å²) in [6, 6.07) is 3.46. The van der Waals surface area contributed by atoms with E-state index in [1.165, 1.54) is 12.5 Å². The van der Waals surface area contributed by atoms with Crippen LogP contribution in [0.25, 0.3) is 0 Å². The quantitative estimate of drug-likeness (QED) is 0.606. The van der Waals surface area contributed by atoms with Crippen molar-refractivity contribution >= 4 is 17.3 Å². The minimum absolute atomic E-state index is 0.0403. The third-order valence-electron chi connectivity index (χ3n) is 2.87. The highest BCUT2D eigenvalue weighted by molar-refractivity contribution is 5.60. The Labute approximate surface area is 99.6 Å². The number of hydrogen-bond acceptors (Lipinski definition) is 5. The first-order valence-corrected chi connectivity index (χ1v) is 5.86. The van der Waals surface area contributed by atoms with E-state index in [4.69, 9.17) is 0 Å². The topological polar surface area (TPSA) is 80.1 Å². The Bertz CT molecular complexity index is 418. The van der Waals surface area contributed by atoms with Crippen molar-refractivity contribution in [1.82, 2.24) is 4.98 Å². The first kappa shape index (κ1) is 11.6. The number of nitro groups is 1. The molecule has 0 saturated heterocycles. The lowest BCUT2D eigenvalue weighted by Gasteiger charge is -2.26. The highest BCUT2D eigenvalue weighted by atomic mass is 16.6. The van der Waals surface area contributed by atoms with Gasteiger partial charge in [-0.1, -0.05) is 0 Å². The molecule has 92 valence electrons. The number of nitrogens with one attached hydrogen (secondary N) is 2. The lowest BCUT2D eigenvalue weighted by atomic mass is 9.93. The Balaban J connectivity index is 2.22. The number of aromatic nitrogens is 1. The van der Waals surface area contributed by atoms with Crippen molar-refractivity contribution < 1.29 is 4.92 Å². The molecule has 6 nitrogen and oxygen atoms in total. The fourth-order valence-corrected chi connectivity index (χ4v) is 1.73. The van der Waals surface area contributed by atoms with Crippen molar-refractivity contribution in [1.29, 1.82) is 0 Å². The SMILES string of the molecule is CCNc1ccc([N+](=O)[O-])c(NC2CCC2)n1. The second-order valence-corrected chi connectivity index (χ2v) is 4.12. The molecule has 1 fully saturated rings. The number of rotatable bonds is 5. The fraction of sp³-hybridized carbons (Fsp3) is 0.545. The van der Waals surface area contributed by atoms with E-state index in [1.54, 1.807) is 6.07 Å². The van der Waals surface area contributed by atoms with Gasteiger partial charge in [0.1, 0.15) is 5.82 Å². The maximum absolute atomic E-state index is 10.9. The van der Waals surface area contributed by atoms with Crippen molar-refractivity contribution in [2.45, 2.75) is 32.2 Å². The summed E-state index contributed by atoms with van der Waals surface area (Å²) in [5, 5.41) is 17.1. The molecule has 0 aliphatic heterocycles. The molecule has 0 bridgehead atoms. The molecule has 17 heavy (non-hydrogen) atoms. The summed E-state index contributed by atoms with van der Waals surface area (Å²) in [5.41, 5.74) is 0.0403. The molecule has 0 unspecified atom stereocenters. The van der Waals surface area contributed by atoms with Crippen molar-refractivity contribution in [3.05, 3.63) is 22.2 Å². The minimum Gasteiger partial charge on any atom is -0.370 e. The molecule has 0 radical (unpaired) electrons. The molecule has 1 aromatic rings. The van der Waals surface area contributed by atoms with Crippen molar-refractivity contribution in [3.8, 4) is 0 Å². The van der Waals surface area contributed by atoms with Gasteiger partial charge in [0.05, 0.1) is 4.92 Å². The molecule has 0 aromatic carbocycles. The number of pyridine rings is 1. The Morgan fingerprint density at radius 1 is 1.53 bits per heavy atom. The van der Waals surface area contributed by atoms with Crippen molar-refractivity contribution in [2.24, 2.45) is 0 Å². The minimum atomic E-state index is -0.399. The molecule has 6 heteroatoms. The van der Waals surface area contributed by atoms with E-state index in [1.807, 2.05) is 6.92 Å². The molecule has 2 N–H and O–H groups in total. The van der Waals surface area contributed by atoms with Gasteiger partial charge in [-0.2, -0.15) is 0 Å². The maximum atomic E-state index is 10.9. The molecule has 2 rings (SSSR count). The van der Waals surface area contributed by atoms with Crippen LogP contribution in [0, 0.1) is 10.1 Å². The molecular weight excluding hydrogens is 220 g/mol. The Morgan fingerprint density at radius 2 is 2.29 bits per heavy atom. The molecule has 0 spiro atoms. The van der Waals surface area contributed by atoms with Gasteiger partial charge in [-0.25, -0.2) is 4.98 Å². The van der Waals surface area contributed by atoms with E-state index in [0.717, 1.165) is 19.4 Å². The molecular formula is C11H16N4O2. The zero-order valence-electron chi connectivity index (χ0n) is 9.77. The predicted octanol–water partition coefficient (Wildman–Crippen LogP) is 2.39. The van der Waals surface area contributed by atoms with Crippen LogP contribution in [0.3, 0.4) is 0 Å². The second-order valence-electron chi connectivity index (χ2n) is 4.12. The summed E-state index contributed by atoms with van der Waals surface area (Å²) < 4.78 is 0. The van der Waals surface area contributed by atoms with E-state index in [-0.39, 0.29) is 5.69 Å². The van der Waals surface area contributed by atoms with E-state index in [2.05, 4.69) is 15.6 Å². The zero-order chi connectivity index (χ0) is 12.3. The first-order chi connectivity index (χ1) is 8.20. The highest BCUT2D eigenvalue weighted by Crippen LogP contribution is 2.29. The molecule has 1 heterocycles. The van der Waals surface area contributed by atoms with Crippen LogP contribution >= 0.6 is 0 Å². The largest absolute Gasteiger partial charge is 0.370 e. The Morgan fingerprint density at radius 3 is 2.82 bits per heavy atom. The lowest BCUT2D eigenvalue weighted by Crippen LogP contribution is -2.28. The van der Waals surface area contributed by atoms with Gasteiger partial charge in [0.15, 0.2) is 0 Å². The fourth-order valence-electron chi connectivity index (χ4n) is 1.73. The van der Waals surface area contributed by atoms with E-state index in [9.17, 15) is 10.1 Å². The van der Waals surface area contributed by atoms with Gasteiger partial charge in [0.2, 0.25) is 5.82 Å². The average Bonchev–Trinajstić information content (AvgIpc) is 2.24. The van der Waals surface area contributed by atoms with E-state index < -0.39 is 4.92 Å². The Kier molecular flexibility index (Phi) is 3.41. The van der Waals surface area contributed by atoms with Gasteiger partial charge in [0, 0.05) is 18.7 Å². The van der Waals surface area contributed by atoms with Crippen LogP contribution in [0.15, 0.2) is 12.1 Å². The first-order valence-electron chi connectivity index (χ1n) is 5.86. The van der Waals surface area contributed by atoms with Gasteiger partial charge >= 0.3 is 5.69 Å². The van der Waals surface area contributed by atoms with Crippen LogP contribution in [-0.2, 0) is 0 Å². The normalized spacial score (nSPS) is 15.1. The number of anilines is 2. The summed E-state index contributed by atoms with van der Waals surface area (Å²) >= 11 is 0. The zero-order valence-corrected chi connectivity index (χ0v) is 9.77.